The molecule has 0 bridgehead atoms. The van der Waals surface area contributed by atoms with E-state index in [0.717, 1.165) is 32.1 Å². The van der Waals surface area contributed by atoms with E-state index in [4.69, 9.17) is 0 Å². The van der Waals surface area contributed by atoms with Gasteiger partial charge in [-0.15, -0.1) is 0 Å². The zero-order valence-electron chi connectivity index (χ0n) is 15.1. The third-order valence-corrected chi connectivity index (χ3v) is 8.73. The van der Waals surface area contributed by atoms with E-state index >= 15 is 0 Å². The summed E-state index contributed by atoms with van der Waals surface area (Å²) >= 11 is 0. The van der Waals surface area contributed by atoms with Crippen LogP contribution in [0, 0.1) is 40.4 Å². The predicted molar refractivity (Wildman–Crippen MR) is 90.9 cm³/mol. The second-order valence-electron chi connectivity index (χ2n) is 9.45. The Kier molecular flexibility index (Phi) is 3.56. The molecule has 4 fully saturated rings. The third kappa shape index (κ3) is 1.93. The third-order valence-electron chi connectivity index (χ3n) is 8.73. The minimum Gasteiger partial charge on any atom is -0.299 e. The van der Waals surface area contributed by atoms with Crippen molar-refractivity contribution in [2.45, 2.75) is 78.6 Å². The Morgan fingerprint density at radius 3 is 2.43 bits per heavy atom. The van der Waals surface area contributed by atoms with Crippen LogP contribution in [0.1, 0.15) is 78.6 Å². The first-order valence-corrected chi connectivity index (χ1v) is 10.0. The van der Waals surface area contributed by atoms with Crippen molar-refractivity contribution in [1.29, 1.82) is 0 Å². The zero-order chi connectivity index (χ0) is 16.4. The summed E-state index contributed by atoms with van der Waals surface area (Å²) in [6, 6.07) is 0. The number of rotatable bonds is 1. The van der Waals surface area contributed by atoms with Gasteiger partial charge in [0.25, 0.3) is 0 Å². The molecular weight excluding hydrogens is 284 g/mol. The summed E-state index contributed by atoms with van der Waals surface area (Å²) in [7, 11) is 0. The molecular formula is C21H32O2. The van der Waals surface area contributed by atoms with Crippen LogP contribution < -0.4 is 0 Å². The van der Waals surface area contributed by atoms with Crippen LogP contribution in [0.2, 0.25) is 0 Å². The van der Waals surface area contributed by atoms with Gasteiger partial charge in [0, 0.05) is 23.7 Å². The lowest BCUT2D eigenvalue weighted by atomic mass is 9.42. The molecule has 128 valence electrons. The van der Waals surface area contributed by atoms with Crippen molar-refractivity contribution in [3.63, 3.8) is 0 Å². The number of hydrogen-bond donors (Lipinski definition) is 0. The highest BCUT2D eigenvalue weighted by atomic mass is 16.1. The highest BCUT2D eigenvalue weighted by molar-refractivity contribution is 5.93. The van der Waals surface area contributed by atoms with Crippen molar-refractivity contribution in [1.82, 2.24) is 0 Å². The molecule has 23 heavy (non-hydrogen) atoms. The highest BCUT2D eigenvalue weighted by Gasteiger charge is 2.64. The number of hydrogen-bond acceptors (Lipinski definition) is 2. The summed E-state index contributed by atoms with van der Waals surface area (Å²) < 4.78 is 0. The summed E-state index contributed by atoms with van der Waals surface area (Å²) in [5.41, 5.74) is 0.164. The van der Waals surface area contributed by atoms with Gasteiger partial charge in [0.05, 0.1) is 0 Å². The quantitative estimate of drug-likeness (QED) is 0.696. The van der Waals surface area contributed by atoms with Gasteiger partial charge in [-0.25, -0.2) is 0 Å². The van der Waals surface area contributed by atoms with Gasteiger partial charge in [-0.05, 0) is 68.1 Å². The maximum atomic E-state index is 13.5. The Labute approximate surface area is 140 Å². The molecule has 2 heteroatoms. The smallest absolute Gasteiger partial charge is 0.139 e. The van der Waals surface area contributed by atoms with Crippen molar-refractivity contribution in [3.05, 3.63) is 0 Å². The van der Waals surface area contributed by atoms with Gasteiger partial charge in [-0.3, -0.25) is 9.59 Å². The molecule has 4 rings (SSSR count). The summed E-state index contributed by atoms with van der Waals surface area (Å²) in [5.74, 6) is 2.58. The second-order valence-corrected chi connectivity index (χ2v) is 9.45. The lowest BCUT2D eigenvalue weighted by molar-refractivity contribution is -0.172. The van der Waals surface area contributed by atoms with E-state index in [0.29, 0.717) is 34.7 Å². The Balaban J connectivity index is 1.80. The number of carbonyl (C=O) groups is 2. The number of ketones is 2. The molecule has 0 amide bonds. The Bertz CT molecular complexity index is 538. The van der Waals surface area contributed by atoms with Crippen molar-refractivity contribution in [2.24, 2.45) is 40.4 Å². The van der Waals surface area contributed by atoms with E-state index in [9.17, 15) is 9.59 Å². The van der Waals surface area contributed by atoms with Crippen LogP contribution in [0.3, 0.4) is 0 Å². The van der Waals surface area contributed by atoms with Gasteiger partial charge in [0.15, 0.2) is 0 Å². The van der Waals surface area contributed by atoms with Crippen LogP contribution in [0.15, 0.2) is 0 Å². The largest absolute Gasteiger partial charge is 0.299 e. The highest BCUT2D eigenvalue weighted by Crippen LogP contribution is 2.65. The van der Waals surface area contributed by atoms with E-state index in [-0.39, 0.29) is 17.3 Å². The average Bonchev–Trinajstić information content (AvgIpc) is 2.92. The van der Waals surface area contributed by atoms with Crippen LogP contribution in [0.25, 0.3) is 0 Å². The molecule has 2 nitrogen and oxygen atoms in total. The maximum Gasteiger partial charge on any atom is 0.139 e. The first kappa shape index (κ1) is 15.8. The topological polar surface area (TPSA) is 34.1 Å². The summed E-state index contributed by atoms with van der Waals surface area (Å²) in [6.45, 7) is 6.84. The fourth-order valence-corrected chi connectivity index (χ4v) is 7.49. The summed E-state index contributed by atoms with van der Waals surface area (Å²) in [5, 5.41) is 0. The van der Waals surface area contributed by atoms with E-state index in [1.54, 1.807) is 0 Å². The van der Waals surface area contributed by atoms with Gasteiger partial charge in [0.2, 0.25) is 0 Å². The molecule has 0 saturated heterocycles. The van der Waals surface area contributed by atoms with Crippen LogP contribution in [-0.2, 0) is 9.59 Å². The predicted octanol–water partition coefficient (Wildman–Crippen LogP) is 4.80. The molecule has 0 aromatic carbocycles. The Hall–Kier alpha value is -0.660. The van der Waals surface area contributed by atoms with Gasteiger partial charge >= 0.3 is 0 Å². The lowest BCUT2D eigenvalue weighted by Crippen LogP contribution is -2.61. The Morgan fingerprint density at radius 2 is 1.70 bits per heavy atom. The summed E-state index contributed by atoms with van der Waals surface area (Å²) in [4.78, 5) is 26.5. The van der Waals surface area contributed by atoms with Gasteiger partial charge in [0.1, 0.15) is 11.6 Å². The lowest BCUT2D eigenvalue weighted by Gasteiger charge is -2.60. The number of Topliss-reactive ketones (excluding diaryl/α,β-unsaturated/α-hetero) is 2. The number of carbonyl (C=O) groups excluding carboxylic acids is 2. The second kappa shape index (κ2) is 5.17. The first-order chi connectivity index (χ1) is 10.9. The van der Waals surface area contributed by atoms with Crippen molar-refractivity contribution in [3.8, 4) is 0 Å². The molecule has 2 unspecified atom stereocenters. The maximum absolute atomic E-state index is 13.5. The van der Waals surface area contributed by atoms with Crippen molar-refractivity contribution >= 4 is 11.6 Å². The molecule has 0 radical (unpaired) electrons. The average molecular weight is 316 g/mol. The minimum atomic E-state index is -0.207. The monoisotopic (exact) mass is 316 g/mol. The van der Waals surface area contributed by atoms with E-state index < -0.39 is 0 Å². The molecule has 0 heterocycles. The summed E-state index contributed by atoms with van der Waals surface area (Å²) in [6.07, 6.45) is 9.91. The van der Waals surface area contributed by atoms with Crippen LogP contribution in [0.4, 0.5) is 0 Å². The molecule has 7 atom stereocenters. The van der Waals surface area contributed by atoms with Gasteiger partial charge in [-0.1, -0.05) is 27.2 Å². The van der Waals surface area contributed by atoms with Gasteiger partial charge in [-0.2, -0.15) is 0 Å². The van der Waals surface area contributed by atoms with Crippen molar-refractivity contribution < 1.29 is 9.59 Å². The molecule has 0 spiro atoms. The minimum absolute atomic E-state index is 0.147. The molecule has 0 aliphatic heterocycles. The van der Waals surface area contributed by atoms with Gasteiger partial charge < -0.3 is 0 Å². The number of fused-ring (bicyclic) bond motifs is 5. The molecule has 0 N–H and O–H groups in total. The van der Waals surface area contributed by atoms with Crippen LogP contribution in [0.5, 0.6) is 0 Å². The van der Waals surface area contributed by atoms with E-state index in [2.05, 4.69) is 20.8 Å². The normalized spacial score (nSPS) is 52.7. The Morgan fingerprint density at radius 1 is 0.957 bits per heavy atom. The van der Waals surface area contributed by atoms with E-state index in [1.807, 2.05) is 0 Å². The van der Waals surface area contributed by atoms with Crippen LogP contribution in [-0.4, -0.2) is 11.6 Å². The van der Waals surface area contributed by atoms with E-state index in [1.165, 1.54) is 25.7 Å². The molecule has 4 saturated carbocycles. The van der Waals surface area contributed by atoms with Crippen molar-refractivity contribution in [2.75, 3.05) is 0 Å². The molecule has 4 aliphatic carbocycles. The first-order valence-electron chi connectivity index (χ1n) is 10.0. The SMILES string of the molecule is CCC1C(=O)[C@@H]2[C@@H](CC[C@]3(C)CCC[C@@H]23)[C@@]2(C)C(=O)CCCC12. The standard InChI is InChI=1S/C21H32O2/c1-4-13-14-7-5-9-17(22)21(14,3)16-10-12-20(2)11-6-8-15(20)18(16)19(13)23/h13-16,18H,4-12H2,1-3H3/t13?,14?,15-,16+,18-,20-,21-/m0/s1. The molecule has 0 aromatic rings. The van der Waals surface area contributed by atoms with Crippen LogP contribution >= 0.6 is 0 Å². The fraction of sp³-hybridized carbons (Fsp3) is 0.905. The zero-order valence-corrected chi connectivity index (χ0v) is 15.1. The fourth-order valence-electron chi connectivity index (χ4n) is 7.49. The molecule has 4 aliphatic rings. The molecule has 0 aromatic heterocycles.